The number of nitrogens with zero attached hydrogens (tertiary/aromatic N) is 1. The van der Waals surface area contributed by atoms with Gasteiger partial charge in [0.2, 0.25) is 0 Å². The van der Waals surface area contributed by atoms with E-state index in [2.05, 4.69) is 11.3 Å². The van der Waals surface area contributed by atoms with Gasteiger partial charge in [0.1, 0.15) is 6.61 Å². The van der Waals surface area contributed by atoms with E-state index in [-0.39, 0.29) is 0 Å². The Morgan fingerprint density at radius 3 is 2.92 bits per heavy atom. The van der Waals surface area contributed by atoms with Crippen molar-refractivity contribution in [1.29, 1.82) is 5.26 Å². The van der Waals surface area contributed by atoms with Gasteiger partial charge in [0.25, 0.3) is 6.26 Å². The highest BCUT2D eigenvalue weighted by Gasteiger charge is 1.97. The van der Waals surface area contributed by atoms with Gasteiger partial charge in [-0.25, -0.2) is 0 Å². The molecule has 1 aromatic carbocycles. The van der Waals surface area contributed by atoms with E-state index >= 15 is 0 Å². The van der Waals surface area contributed by atoms with E-state index in [9.17, 15) is 0 Å². The molecule has 2 nitrogen and oxygen atoms in total. The zero-order valence-electron chi connectivity index (χ0n) is 7.36. The Labute approximate surface area is 78.1 Å². The Kier molecular flexibility index (Phi) is 3.59. The minimum atomic E-state index is 0.432. The first-order valence-corrected chi connectivity index (χ1v) is 4.09. The van der Waals surface area contributed by atoms with Gasteiger partial charge in [-0.1, -0.05) is 36.9 Å². The lowest BCUT2D eigenvalue weighted by Crippen LogP contribution is -1.95. The lowest BCUT2D eigenvalue weighted by molar-refractivity contribution is 0.274. The molecule has 0 radical (unpaired) electrons. The molecule has 0 spiro atoms. The molecule has 0 N–H and O–H groups in total. The summed E-state index contributed by atoms with van der Waals surface area (Å²) < 4.78 is 4.61. The van der Waals surface area contributed by atoms with Crippen LogP contribution in [0.25, 0.3) is 6.08 Å². The maximum Gasteiger partial charge on any atom is 0.286 e. The van der Waals surface area contributed by atoms with Gasteiger partial charge in [0.15, 0.2) is 0 Å². The summed E-state index contributed by atoms with van der Waals surface area (Å²) in [5.74, 6) is 0. The van der Waals surface area contributed by atoms with Crippen LogP contribution in [-0.4, -0.2) is 6.61 Å². The number of ether oxygens (including phenoxy) is 1. The summed E-state index contributed by atoms with van der Waals surface area (Å²) >= 11 is 0. The fraction of sp³-hybridized carbons (Fsp3) is 0.182. The summed E-state index contributed by atoms with van der Waals surface area (Å²) in [5.41, 5.74) is 2.26. The van der Waals surface area contributed by atoms with Crippen LogP contribution in [0.2, 0.25) is 0 Å². The van der Waals surface area contributed by atoms with Crippen molar-refractivity contribution in [2.75, 3.05) is 6.61 Å². The molecule has 1 rings (SSSR count). The smallest absolute Gasteiger partial charge is 0.286 e. The van der Waals surface area contributed by atoms with E-state index in [1.54, 1.807) is 6.26 Å². The average molecular weight is 173 g/mol. The van der Waals surface area contributed by atoms with Gasteiger partial charge < -0.3 is 4.74 Å². The van der Waals surface area contributed by atoms with Crippen molar-refractivity contribution in [1.82, 2.24) is 0 Å². The Morgan fingerprint density at radius 1 is 1.46 bits per heavy atom. The van der Waals surface area contributed by atoms with Gasteiger partial charge in [0, 0.05) is 6.42 Å². The van der Waals surface area contributed by atoms with Crippen LogP contribution in [0.3, 0.4) is 0 Å². The van der Waals surface area contributed by atoms with Crippen molar-refractivity contribution in [3.05, 3.63) is 42.0 Å². The van der Waals surface area contributed by atoms with E-state index in [1.165, 1.54) is 0 Å². The minimum Gasteiger partial charge on any atom is -0.427 e. The maximum atomic E-state index is 8.18. The third-order valence-electron chi connectivity index (χ3n) is 1.81. The Hall–Kier alpha value is -1.75. The van der Waals surface area contributed by atoms with Gasteiger partial charge in [-0.05, 0) is 11.1 Å². The van der Waals surface area contributed by atoms with Crippen LogP contribution in [0.15, 0.2) is 30.8 Å². The van der Waals surface area contributed by atoms with Crippen LogP contribution < -0.4 is 0 Å². The quantitative estimate of drug-likeness (QED) is 0.517. The van der Waals surface area contributed by atoms with Crippen LogP contribution in [-0.2, 0) is 11.2 Å². The predicted molar refractivity (Wildman–Crippen MR) is 51.8 cm³/mol. The summed E-state index contributed by atoms with van der Waals surface area (Å²) in [7, 11) is 0. The molecule has 66 valence electrons. The van der Waals surface area contributed by atoms with Crippen LogP contribution in [0.4, 0.5) is 0 Å². The highest BCUT2D eigenvalue weighted by Crippen LogP contribution is 2.10. The second-order valence-electron chi connectivity index (χ2n) is 2.59. The van der Waals surface area contributed by atoms with Crippen LogP contribution in [0.1, 0.15) is 11.1 Å². The third kappa shape index (κ3) is 2.64. The molecule has 0 aliphatic rings. The summed E-state index contributed by atoms with van der Waals surface area (Å²) in [4.78, 5) is 0. The molecule has 0 fully saturated rings. The van der Waals surface area contributed by atoms with Crippen LogP contribution >= 0.6 is 0 Å². The molecule has 0 atom stereocenters. The van der Waals surface area contributed by atoms with Crippen molar-refractivity contribution in [2.24, 2.45) is 0 Å². The maximum absolute atomic E-state index is 8.18. The lowest BCUT2D eigenvalue weighted by Gasteiger charge is -2.03. The Bertz CT molecular complexity index is 325. The highest BCUT2D eigenvalue weighted by atomic mass is 16.5. The molecule has 0 aliphatic carbocycles. The molecule has 13 heavy (non-hydrogen) atoms. The Balaban J connectivity index is 2.65. The van der Waals surface area contributed by atoms with Crippen molar-refractivity contribution < 1.29 is 4.74 Å². The molecule has 0 saturated heterocycles. The summed E-state index contributed by atoms with van der Waals surface area (Å²) in [5, 5.41) is 8.18. The number of hydrogen-bond donors (Lipinski definition) is 0. The highest BCUT2D eigenvalue weighted by molar-refractivity contribution is 5.51. The second-order valence-corrected chi connectivity index (χ2v) is 2.59. The number of benzene rings is 1. The van der Waals surface area contributed by atoms with E-state index in [0.717, 1.165) is 17.5 Å². The van der Waals surface area contributed by atoms with E-state index in [1.807, 2.05) is 30.3 Å². The van der Waals surface area contributed by atoms with E-state index in [4.69, 9.17) is 5.26 Å². The fourth-order valence-electron chi connectivity index (χ4n) is 1.17. The minimum absolute atomic E-state index is 0.432. The molecule has 0 amide bonds. The molecule has 0 unspecified atom stereocenters. The second kappa shape index (κ2) is 5.00. The van der Waals surface area contributed by atoms with E-state index in [0.29, 0.717) is 6.61 Å². The standard InChI is InChI=1S/C11H11NO/c1-2-10-5-3-4-6-11(10)7-8-13-9-12/h2-6H,1,7-8H2. The number of hydrogen-bond acceptors (Lipinski definition) is 2. The molecule has 0 heterocycles. The first-order valence-electron chi connectivity index (χ1n) is 4.09. The summed E-state index contributed by atoms with van der Waals surface area (Å²) in [6, 6.07) is 7.94. The summed E-state index contributed by atoms with van der Waals surface area (Å²) in [6.07, 6.45) is 4.20. The normalized spacial score (nSPS) is 8.85. The van der Waals surface area contributed by atoms with E-state index < -0.39 is 0 Å². The summed E-state index contributed by atoms with van der Waals surface area (Å²) in [6.45, 7) is 4.15. The molecular formula is C11H11NO. The van der Waals surface area contributed by atoms with Gasteiger partial charge in [0.05, 0.1) is 0 Å². The van der Waals surface area contributed by atoms with Gasteiger partial charge in [-0.2, -0.15) is 5.26 Å². The van der Waals surface area contributed by atoms with Gasteiger partial charge in [-0.15, -0.1) is 0 Å². The molecule has 0 aromatic heterocycles. The zero-order valence-corrected chi connectivity index (χ0v) is 7.36. The molecule has 0 saturated carbocycles. The van der Waals surface area contributed by atoms with Crippen molar-refractivity contribution in [2.45, 2.75) is 6.42 Å². The Morgan fingerprint density at radius 2 is 2.23 bits per heavy atom. The number of rotatable bonds is 4. The van der Waals surface area contributed by atoms with Gasteiger partial charge >= 0.3 is 0 Å². The SMILES string of the molecule is C=Cc1ccccc1CCOC#N. The molecule has 0 bridgehead atoms. The van der Waals surface area contributed by atoms with Crippen LogP contribution in [0.5, 0.6) is 0 Å². The van der Waals surface area contributed by atoms with Crippen LogP contribution in [0, 0.1) is 11.5 Å². The van der Waals surface area contributed by atoms with Crippen molar-refractivity contribution >= 4 is 6.08 Å². The lowest BCUT2D eigenvalue weighted by atomic mass is 10.1. The molecule has 1 aromatic rings. The predicted octanol–water partition coefficient (Wildman–Crippen LogP) is 2.37. The monoisotopic (exact) mass is 173 g/mol. The zero-order chi connectivity index (χ0) is 9.52. The largest absolute Gasteiger partial charge is 0.427 e. The molecule has 2 heteroatoms. The van der Waals surface area contributed by atoms with Gasteiger partial charge in [-0.3, -0.25) is 0 Å². The first-order chi connectivity index (χ1) is 6.38. The number of nitriles is 1. The molecular weight excluding hydrogens is 162 g/mol. The molecule has 0 aliphatic heterocycles. The fourth-order valence-corrected chi connectivity index (χ4v) is 1.17. The first kappa shape index (κ1) is 9.34. The van der Waals surface area contributed by atoms with Crippen molar-refractivity contribution in [3.63, 3.8) is 0 Å². The van der Waals surface area contributed by atoms with Crippen molar-refractivity contribution in [3.8, 4) is 6.26 Å². The third-order valence-corrected chi connectivity index (χ3v) is 1.81. The topological polar surface area (TPSA) is 33.0 Å². The average Bonchev–Trinajstić information content (AvgIpc) is 2.19.